The van der Waals surface area contributed by atoms with Crippen molar-refractivity contribution in [3.63, 3.8) is 0 Å². The first kappa shape index (κ1) is 27.6. The second-order valence-electron chi connectivity index (χ2n) is 8.41. The van der Waals surface area contributed by atoms with Crippen LogP contribution < -0.4 is 4.74 Å². The minimum absolute atomic E-state index is 0.0694. The number of ether oxygens (including phenoxy) is 2. The number of nitrogens with zero attached hydrogens (tertiary/aromatic N) is 2. The Kier molecular flexibility index (Phi) is 11.8. The van der Waals surface area contributed by atoms with Gasteiger partial charge in [-0.15, -0.1) is 10.2 Å². The van der Waals surface area contributed by atoms with Gasteiger partial charge in [-0.2, -0.15) is 13.2 Å². The minimum Gasteiger partial charge on any atom is -0.472 e. The van der Waals surface area contributed by atoms with Crippen molar-refractivity contribution >= 4 is 5.97 Å². The van der Waals surface area contributed by atoms with Gasteiger partial charge in [0.15, 0.2) is 0 Å². The van der Waals surface area contributed by atoms with Crippen LogP contribution in [0.4, 0.5) is 13.2 Å². The molecule has 0 fully saturated rings. The van der Waals surface area contributed by atoms with Crippen molar-refractivity contribution < 1.29 is 27.4 Å². The molecule has 188 valence electrons. The van der Waals surface area contributed by atoms with Crippen molar-refractivity contribution in [3.8, 4) is 17.1 Å². The highest BCUT2D eigenvalue weighted by Crippen LogP contribution is 2.25. The molecule has 1 heterocycles. The Morgan fingerprint density at radius 3 is 2.15 bits per heavy atom. The molecule has 5 nitrogen and oxygen atoms in total. The molecule has 0 N–H and O–H groups in total. The van der Waals surface area contributed by atoms with Gasteiger partial charge in [-0.25, -0.2) is 0 Å². The summed E-state index contributed by atoms with van der Waals surface area (Å²) in [6.07, 6.45) is 3.19. The molecule has 1 atom stereocenters. The smallest absolute Gasteiger partial charge is 0.428 e. The van der Waals surface area contributed by atoms with Gasteiger partial charge >= 0.3 is 12.1 Å². The summed E-state index contributed by atoms with van der Waals surface area (Å²) in [6, 6.07) is 11.2. The highest BCUT2D eigenvalue weighted by molar-refractivity contribution is 5.69. The summed E-state index contributed by atoms with van der Waals surface area (Å²) in [4.78, 5) is 11.5. The van der Waals surface area contributed by atoms with Gasteiger partial charge in [-0.05, 0) is 30.9 Å². The van der Waals surface area contributed by atoms with E-state index in [9.17, 15) is 18.0 Å². The van der Waals surface area contributed by atoms with Crippen LogP contribution >= 0.6 is 0 Å². The number of aryl methyl sites for hydroxylation is 1. The third-order valence-electron chi connectivity index (χ3n) is 5.43. The molecule has 8 heteroatoms. The van der Waals surface area contributed by atoms with Crippen LogP contribution in [0.1, 0.15) is 77.2 Å². The average Bonchev–Trinajstić information content (AvgIpc) is 2.81. The summed E-state index contributed by atoms with van der Waals surface area (Å²) in [5.41, 5.74) is 2.72. The Balaban J connectivity index is 1.83. The van der Waals surface area contributed by atoms with Gasteiger partial charge < -0.3 is 9.47 Å². The van der Waals surface area contributed by atoms with Crippen molar-refractivity contribution in [2.24, 2.45) is 0 Å². The lowest BCUT2D eigenvalue weighted by Gasteiger charge is -2.20. The molecule has 0 bridgehead atoms. The van der Waals surface area contributed by atoms with E-state index in [1.807, 2.05) is 12.1 Å². The quantitative estimate of drug-likeness (QED) is 0.201. The first-order valence-electron chi connectivity index (χ1n) is 12.2. The molecule has 0 aliphatic rings. The molecule has 2 rings (SSSR count). The maximum absolute atomic E-state index is 13.1. The molecule has 1 aromatic heterocycles. The monoisotopic (exact) mass is 480 g/mol. The summed E-state index contributed by atoms with van der Waals surface area (Å²) >= 11 is 0. The van der Waals surface area contributed by atoms with Crippen LogP contribution in [0.3, 0.4) is 0 Å². The van der Waals surface area contributed by atoms with E-state index in [4.69, 9.17) is 4.74 Å². The second-order valence-corrected chi connectivity index (χ2v) is 8.41. The van der Waals surface area contributed by atoms with Crippen LogP contribution in [0.2, 0.25) is 0 Å². The van der Waals surface area contributed by atoms with Crippen molar-refractivity contribution in [1.29, 1.82) is 0 Å². The molecule has 0 aliphatic heterocycles. The van der Waals surface area contributed by atoms with E-state index in [2.05, 4.69) is 34.0 Å². The first-order chi connectivity index (χ1) is 16.3. The van der Waals surface area contributed by atoms with Gasteiger partial charge in [0, 0.05) is 18.1 Å². The number of esters is 1. The molecule has 0 amide bonds. The molecule has 0 radical (unpaired) electrons. The van der Waals surface area contributed by atoms with Gasteiger partial charge in [0.1, 0.15) is 6.61 Å². The van der Waals surface area contributed by atoms with E-state index in [1.54, 1.807) is 13.0 Å². The summed E-state index contributed by atoms with van der Waals surface area (Å²) in [5.74, 6) is -0.981. The van der Waals surface area contributed by atoms with E-state index >= 15 is 0 Å². The lowest BCUT2D eigenvalue weighted by molar-refractivity contribution is -0.227. The van der Waals surface area contributed by atoms with Crippen LogP contribution in [0.15, 0.2) is 36.4 Å². The standard InChI is InChI=1S/C26H35F3N2O3/c1-3-5-6-7-8-9-10-12-20-13-15-21(16-14-20)22-17-18-24(31-30-22)33-19-23(26(27,28)29)34-25(32)11-4-2/h13-18,23H,3-12,19H2,1-2H3. The Hall–Kier alpha value is -2.64. The van der Waals surface area contributed by atoms with E-state index in [0.717, 1.165) is 12.0 Å². The summed E-state index contributed by atoms with van der Waals surface area (Å²) in [6.45, 7) is 3.03. The van der Waals surface area contributed by atoms with Gasteiger partial charge in [0.05, 0.1) is 5.69 Å². The highest BCUT2D eigenvalue weighted by atomic mass is 19.4. The number of benzene rings is 1. The predicted molar refractivity (Wildman–Crippen MR) is 126 cm³/mol. The Morgan fingerprint density at radius 2 is 1.56 bits per heavy atom. The molecule has 1 aromatic carbocycles. The third kappa shape index (κ3) is 10.1. The molecular weight excluding hydrogens is 445 g/mol. The van der Waals surface area contributed by atoms with Crippen LogP contribution in [-0.2, 0) is 16.0 Å². The predicted octanol–water partition coefficient (Wildman–Crippen LogP) is 7.09. The fourth-order valence-corrected chi connectivity index (χ4v) is 3.46. The number of alkyl halides is 3. The first-order valence-corrected chi connectivity index (χ1v) is 12.2. The fraction of sp³-hybridized carbons (Fsp3) is 0.577. The van der Waals surface area contributed by atoms with Crippen LogP contribution in [0.5, 0.6) is 5.88 Å². The summed E-state index contributed by atoms with van der Waals surface area (Å²) in [5, 5.41) is 7.91. The molecule has 0 spiro atoms. The van der Waals surface area contributed by atoms with E-state index in [-0.39, 0.29) is 12.3 Å². The van der Waals surface area contributed by atoms with Crippen LogP contribution in [0.25, 0.3) is 11.3 Å². The SMILES string of the molecule is CCCCCCCCCc1ccc(-c2ccc(OCC(OC(=O)CCC)C(F)(F)F)nn2)cc1. The van der Waals surface area contributed by atoms with E-state index < -0.39 is 24.9 Å². The third-order valence-corrected chi connectivity index (χ3v) is 5.43. The largest absolute Gasteiger partial charge is 0.472 e. The molecule has 0 saturated heterocycles. The number of carbonyl (C=O) groups is 1. The topological polar surface area (TPSA) is 61.3 Å². The lowest BCUT2D eigenvalue weighted by Crippen LogP contribution is -2.38. The second kappa shape index (κ2) is 14.6. The number of rotatable bonds is 15. The Bertz CT molecular complexity index is 840. The number of unbranched alkanes of at least 4 members (excludes halogenated alkanes) is 6. The summed E-state index contributed by atoms with van der Waals surface area (Å²) in [7, 11) is 0. The zero-order valence-electron chi connectivity index (χ0n) is 20.1. The number of hydrogen-bond donors (Lipinski definition) is 0. The van der Waals surface area contributed by atoms with Gasteiger partial charge in [0.2, 0.25) is 12.0 Å². The lowest BCUT2D eigenvalue weighted by atomic mass is 10.0. The highest BCUT2D eigenvalue weighted by Gasteiger charge is 2.43. The zero-order valence-corrected chi connectivity index (χ0v) is 20.1. The van der Waals surface area contributed by atoms with Crippen molar-refractivity contribution in [2.45, 2.75) is 90.3 Å². The van der Waals surface area contributed by atoms with E-state index in [1.165, 1.54) is 56.6 Å². The van der Waals surface area contributed by atoms with Crippen molar-refractivity contribution in [3.05, 3.63) is 42.0 Å². The number of carbonyl (C=O) groups excluding carboxylic acids is 1. The number of hydrogen-bond acceptors (Lipinski definition) is 5. The van der Waals surface area contributed by atoms with Crippen molar-refractivity contribution in [2.75, 3.05) is 6.61 Å². The molecule has 34 heavy (non-hydrogen) atoms. The van der Waals surface area contributed by atoms with Gasteiger partial charge in [-0.1, -0.05) is 76.6 Å². The van der Waals surface area contributed by atoms with Crippen molar-refractivity contribution in [1.82, 2.24) is 10.2 Å². The molecule has 0 aliphatic carbocycles. The molecule has 2 aromatic rings. The zero-order chi connectivity index (χ0) is 24.8. The molecule has 1 unspecified atom stereocenters. The Labute approximate surface area is 200 Å². The molecule has 0 saturated carbocycles. The number of aromatic nitrogens is 2. The maximum Gasteiger partial charge on any atom is 0.428 e. The van der Waals surface area contributed by atoms with Crippen LogP contribution in [0, 0.1) is 0 Å². The number of halogens is 3. The minimum atomic E-state index is -4.73. The molecular formula is C26H35F3N2O3. The normalized spacial score (nSPS) is 12.4. The average molecular weight is 481 g/mol. The van der Waals surface area contributed by atoms with Crippen LogP contribution in [-0.4, -0.2) is 35.1 Å². The van der Waals surface area contributed by atoms with Gasteiger partial charge in [-0.3, -0.25) is 4.79 Å². The fourth-order valence-electron chi connectivity index (χ4n) is 3.46. The Morgan fingerprint density at radius 1 is 0.882 bits per heavy atom. The maximum atomic E-state index is 13.1. The van der Waals surface area contributed by atoms with Gasteiger partial charge in [0.25, 0.3) is 0 Å². The summed E-state index contributed by atoms with van der Waals surface area (Å²) < 4.78 is 48.9. The van der Waals surface area contributed by atoms with E-state index in [0.29, 0.717) is 12.1 Å².